The standard InChI is InChI=1S/C11H23Br.CH4/c1-2-3-4-5-6-7-8-9-10-11-12;/h2-11H2,1H3;1H4. The van der Waals surface area contributed by atoms with Gasteiger partial charge < -0.3 is 0 Å². The lowest BCUT2D eigenvalue weighted by Gasteiger charge is -1.99. The maximum atomic E-state index is 3.45. The van der Waals surface area contributed by atoms with Crippen LogP contribution in [0.5, 0.6) is 0 Å². The van der Waals surface area contributed by atoms with Crippen LogP contribution >= 0.6 is 15.9 Å². The van der Waals surface area contributed by atoms with E-state index in [1.54, 1.807) is 0 Å². The molecule has 0 saturated heterocycles. The van der Waals surface area contributed by atoms with Gasteiger partial charge in [0.1, 0.15) is 0 Å². The maximum absolute atomic E-state index is 3.45. The molecular formula is C12H27Br. The lowest BCUT2D eigenvalue weighted by atomic mass is 10.1. The van der Waals surface area contributed by atoms with Gasteiger partial charge in [0.25, 0.3) is 0 Å². The minimum atomic E-state index is 0. The predicted octanol–water partition coefficient (Wildman–Crippen LogP) is 5.55. The molecule has 0 radical (unpaired) electrons. The summed E-state index contributed by atoms with van der Waals surface area (Å²) in [6.45, 7) is 2.27. The predicted molar refractivity (Wildman–Crippen MR) is 67.8 cm³/mol. The zero-order valence-electron chi connectivity index (χ0n) is 8.45. The molecule has 0 atom stereocenters. The van der Waals surface area contributed by atoms with Gasteiger partial charge in [-0.1, -0.05) is 81.6 Å². The van der Waals surface area contributed by atoms with Crippen LogP contribution in [0, 0.1) is 0 Å². The van der Waals surface area contributed by atoms with Crippen LogP contribution in [0.15, 0.2) is 0 Å². The Morgan fingerprint density at radius 1 is 0.692 bits per heavy atom. The Hall–Kier alpha value is 0.480. The minimum Gasteiger partial charge on any atom is -0.0928 e. The number of unbranched alkanes of at least 4 members (excludes halogenated alkanes) is 8. The first kappa shape index (κ1) is 15.9. The van der Waals surface area contributed by atoms with Crippen LogP contribution in [0.25, 0.3) is 0 Å². The van der Waals surface area contributed by atoms with Gasteiger partial charge in [-0.15, -0.1) is 0 Å². The van der Waals surface area contributed by atoms with E-state index in [4.69, 9.17) is 0 Å². The van der Waals surface area contributed by atoms with Gasteiger partial charge in [-0.05, 0) is 6.42 Å². The van der Waals surface area contributed by atoms with Crippen molar-refractivity contribution in [1.29, 1.82) is 0 Å². The summed E-state index contributed by atoms with van der Waals surface area (Å²) in [4.78, 5) is 0. The molecule has 0 rings (SSSR count). The number of hydrogen-bond acceptors (Lipinski definition) is 0. The summed E-state index contributed by atoms with van der Waals surface area (Å²) in [5, 5.41) is 1.18. The molecule has 0 aromatic carbocycles. The molecule has 0 saturated carbocycles. The third-order valence-electron chi connectivity index (χ3n) is 2.24. The molecule has 82 valence electrons. The van der Waals surface area contributed by atoms with E-state index in [2.05, 4.69) is 22.9 Å². The molecule has 0 unspecified atom stereocenters. The molecule has 0 fully saturated rings. The van der Waals surface area contributed by atoms with E-state index in [1.807, 2.05) is 0 Å². The second-order valence-electron chi connectivity index (χ2n) is 3.52. The third kappa shape index (κ3) is 15.3. The molecule has 13 heavy (non-hydrogen) atoms. The highest BCUT2D eigenvalue weighted by atomic mass is 79.9. The van der Waals surface area contributed by atoms with E-state index in [0.717, 1.165) is 0 Å². The highest BCUT2D eigenvalue weighted by Gasteiger charge is 1.90. The molecule has 0 spiro atoms. The van der Waals surface area contributed by atoms with Gasteiger partial charge in [0.2, 0.25) is 0 Å². The van der Waals surface area contributed by atoms with Crippen LogP contribution in [0.1, 0.15) is 72.1 Å². The third-order valence-corrected chi connectivity index (χ3v) is 2.80. The number of rotatable bonds is 9. The first-order valence-electron chi connectivity index (χ1n) is 5.47. The number of alkyl halides is 1. The topological polar surface area (TPSA) is 0 Å². The maximum Gasteiger partial charge on any atom is 0.00313 e. The van der Waals surface area contributed by atoms with Gasteiger partial charge in [0, 0.05) is 5.33 Å². The lowest BCUT2D eigenvalue weighted by molar-refractivity contribution is 0.573. The summed E-state index contributed by atoms with van der Waals surface area (Å²) in [6, 6.07) is 0. The molecular weight excluding hydrogens is 224 g/mol. The molecule has 0 heterocycles. The monoisotopic (exact) mass is 250 g/mol. The first-order valence-corrected chi connectivity index (χ1v) is 6.60. The van der Waals surface area contributed by atoms with Crippen molar-refractivity contribution >= 4 is 15.9 Å². The van der Waals surface area contributed by atoms with Gasteiger partial charge in [-0.2, -0.15) is 0 Å². The second-order valence-corrected chi connectivity index (χ2v) is 4.31. The van der Waals surface area contributed by atoms with E-state index >= 15 is 0 Å². The molecule has 0 aromatic rings. The zero-order valence-corrected chi connectivity index (χ0v) is 10.0. The molecule has 0 aliphatic carbocycles. The number of hydrogen-bond donors (Lipinski definition) is 0. The van der Waals surface area contributed by atoms with Crippen molar-refractivity contribution in [1.82, 2.24) is 0 Å². The highest BCUT2D eigenvalue weighted by molar-refractivity contribution is 9.09. The minimum absolute atomic E-state index is 0. The van der Waals surface area contributed by atoms with E-state index in [-0.39, 0.29) is 7.43 Å². The Bertz CT molecular complexity index is 61.5. The van der Waals surface area contributed by atoms with Crippen LogP contribution in [0.3, 0.4) is 0 Å². The smallest absolute Gasteiger partial charge is 0.00313 e. The zero-order chi connectivity index (χ0) is 9.07. The van der Waals surface area contributed by atoms with E-state index in [0.29, 0.717) is 0 Å². The largest absolute Gasteiger partial charge is 0.0928 e. The Morgan fingerprint density at radius 3 is 1.46 bits per heavy atom. The van der Waals surface area contributed by atoms with Crippen molar-refractivity contribution in [2.75, 3.05) is 5.33 Å². The fraction of sp³-hybridized carbons (Fsp3) is 1.00. The lowest BCUT2D eigenvalue weighted by Crippen LogP contribution is -1.81. The van der Waals surface area contributed by atoms with Gasteiger partial charge in [0.15, 0.2) is 0 Å². The van der Waals surface area contributed by atoms with E-state index in [9.17, 15) is 0 Å². The number of halogens is 1. The first-order chi connectivity index (χ1) is 5.91. The summed E-state index contributed by atoms with van der Waals surface area (Å²) in [6.07, 6.45) is 12.8. The Labute approximate surface area is 93.6 Å². The van der Waals surface area contributed by atoms with Crippen molar-refractivity contribution in [3.05, 3.63) is 0 Å². The molecule has 0 aromatic heterocycles. The molecule has 0 aliphatic heterocycles. The molecule has 0 aliphatic rings. The highest BCUT2D eigenvalue weighted by Crippen LogP contribution is 2.09. The Kier molecular flexibility index (Phi) is 18.4. The van der Waals surface area contributed by atoms with Gasteiger partial charge in [-0.3, -0.25) is 0 Å². The van der Waals surface area contributed by atoms with Crippen molar-refractivity contribution in [3.8, 4) is 0 Å². The average Bonchev–Trinajstić information content (AvgIpc) is 2.10. The van der Waals surface area contributed by atoms with E-state index in [1.165, 1.54) is 63.1 Å². The summed E-state index contributed by atoms with van der Waals surface area (Å²) < 4.78 is 0. The quantitative estimate of drug-likeness (QED) is 0.372. The van der Waals surface area contributed by atoms with Crippen LogP contribution in [-0.2, 0) is 0 Å². The molecule has 0 amide bonds. The fourth-order valence-electron chi connectivity index (χ4n) is 1.41. The van der Waals surface area contributed by atoms with Crippen LogP contribution < -0.4 is 0 Å². The van der Waals surface area contributed by atoms with Crippen LogP contribution in [0.2, 0.25) is 0 Å². The van der Waals surface area contributed by atoms with Crippen LogP contribution in [0.4, 0.5) is 0 Å². The average molecular weight is 251 g/mol. The summed E-state index contributed by atoms with van der Waals surface area (Å²) in [5.41, 5.74) is 0. The van der Waals surface area contributed by atoms with Crippen LogP contribution in [-0.4, -0.2) is 5.33 Å². The molecule has 0 N–H and O–H groups in total. The van der Waals surface area contributed by atoms with Gasteiger partial charge >= 0.3 is 0 Å². The Morgan fingerprint density at radius 2 is 1.08 bits per heavy atom. The van der Waals surface area contributed by atoms with Gasteiger partial charge in [0.05, 0.1) is 0 Å². The second kappa shape index (κ2) is 15.0. The van der Waals surface area contributed by atoms with Crippen molar-refractivity contribution < 1.29 is 0 Å². The summed E-state index contributed by atoms with van der Waals surface area (Å²) in [5.74, 6) is 0. The van der Waals surface area contributed by atoms with Crippen molar-refractivity contribution in [2.24, 2.45) is 0 Å². The molecule has 1 heteroatoms. The van der Waals surface area contributed by atoms with Crippen molar-refractivity contribution in [2.45, 2.75) is 72.1 Å². The molecule has 0 bridgehead atoms. The summed E-state index contributed by atoms with van der Waals surface area (Å²) in [7, 11) is 0. The SMILES string of the molecule is C.CCCCCCCCCCCBr. The van der Waals surface area contributed by atoms with Gasteiger partial charge in [-0.25, -0.2) is 0 Å². The summed E-state index contributed by atoms with van der Waals surface area (Å²) >= 11 is 3.45. The fourth-order valence-corrected chi connectivity index (χ4v) is 1.80. The van der Waals surface area contributed by atoms with E-state index < -0.39 is 0 Å². The van der Waals surface area contributed by atoms with Crippen molar-refractivity contribution in [3.63, 3.8) is 0 Å². The normalized spacial score (nSPS) is 9.69. The molecule has 0 nitrogen and oxygen atoms in total. The Balaban J connectivity index is 0.